The average Bonchev–Trinajstić information content (AvgIpc) is 2.48. The lowest BCUT2D eigenvalue weighted by Crippen LogP contribution is -2.43. The SMILES string of the molecule is NC1CCN(C(=O)CCC(=O)Nc2ccccc2O)CC1. The second-order valence-electron chi connectivity index (χ2n) is 5.28. The predicted molar refractivity (Wildman–Crippen MR) is 79.8 cm³/mol. The summed E-state index contributed by atoms with van der Waals surface area (Å²) in [4.78, 5) is 25.5. The minimum atomic E-state index is -0.279. The van der Waals surface area contributed by atoms with Crippen molar-refractivity contribution in [1.29, 1.82) is 0 Å². The largest absolute Gasteiger partial charge is 0.506 e. The molecule has 114 valence electrons. The third kappa shape index (κ3) is 4.46. The van der Waals surface area contributed by atoms with E-state index in [1.54, 1.807) is 23.1 Å². The maximum atomic E-state index is 12.0. The van der Waals surface area contributed by atoms with Crippen molar-refractivity contribution < 1.29 is 14.7 Å². The van der Waals surface area contributed by atoms with Crippen LogP contribution in [-0.2, 0) is 9.59 Å². The number of hydrogen-bond donors (Lipinski definition) is 3. The van der Waals surface area contributed by atoms with Gasteiger partial charge in [-0.1, -0.05) is 12.1 Å². The number of rotatable bonds is 4. The van der Waals surface area contributed by atoms with E-state index in [-0.39, 0.29) is 36.4 Å². The molecule has 0 unspecified atom stereocenters. The second kappa shape index (κ2) is 7.08. The second-order valence-corrected chi connectivity index (χ2v) is 5.28. The molecule has 2 amide bonds. The molecule has 0 bridgehead atoms. The highest BCUT2D eigenvalue weighted by Gasteiger charge is 2.20. The zero-order valence-corrected chi connectivity index (χ0v) is 11.9. The van der Waals surface area contributed by atoms with E-state index in [0.29, 0.717) is 18.8 Å². The fourth-order valence-electron chi connectivity index (χ4n) is 2.32. The minimum Gasteiger partial charge on any atom is -0.506 e. The molecule has 1 aliphatic rings. The summed E-state index contributed by atoms with van der Waals surface area (Å²) in [7, 11) is 0. The van der Waals surface area contributed by atoms with Gasteiger partial charge in [-0.05, 0) is 25.0 Å². The molecule has 2 rings (SSSR count). The summed E-state index contributed by atoms with van der Waals surface area (Å²) in [5.41, 5.74) is 6.15. The third-order valence-electron chi connectivity index (χ3n) is 3.64. The molecular formula is C15H21N3O3. The van der Waals surface area contributed by atoms with Gasteiger partial charge in [-0.2, -0.15) is 0 Å². The summed E-state index contributed by atoms with van der Waals surface area (Å²) in [6.45, 7) is 1.34. The Morgan fingerprint density at radius 3 is 2.57 bits per heavy atom. The fourth-order valence-corrected chi connectivity index (χ4v) is 2.32. The average molecular weight is 291 g/mol. The molecule has 0 aromatic heterocycles. The molecule has 0 atom stereocenters. The molecule has 1 aromatic rings. The maximum absolute atomic E-state index is 12.0. The van der Waals surface area contributed by atoms with Crippen molar-refractivity contribution in [3.63, 3.8) is 0 Å². The van der Waals surface area contributed by atoms with Crippen LogP contribution in [0.2, 0.25) is 0 Å². The first-order valence-electron chi connectivity index (χ1n) is 7.17. The van der Waals surface area contributed by atoms with Crippen molar-refractivity contribution in [3.05, 3.63) is 24.3 Å². The minimum absolute atomic E-state index is 0.0159. The molecule has 1 aliphatic heterocycles. The number of hydrogen-bond acceptors (Lipinski definition) is 4. The van der Waals surface area contributed by atoms with Gasteiger partial charge in [-0.25, -0.2) is 0 Å². The van der Waals surface area contributed by atoms with Gasteiger partial charge < -0.3 is 21.1 Å². The van der Waals surface area contributed by atoms with E-state index in [4.69, 9.17) is 5.73 Å². The lowest BCUT2D eigenvalue weighted by molar-refractivity contribution is -0.133. The Bertz CT molecular complexity index is 511. The Morgan fingerprint density at radius 2 is 1.90 bits per heavy atom. The summed E-state index contributed by atoms with van der Waals surface area (Å²) >= 11 is 0. The molecule has 1 aromatic carbocycles. The number of likely N-dealkylation sites (tertiary alicyclic amines) is 1. The number of piperidine rings is 1. The Morgan fingerprint density at radius 1 is 1.24 bits per heavy atom. The van der Waals surface area contributed by atoms with E-state index < -0.39 is 0 Å². The molecule has 1 saturated heterocycles. The molecule has 1 heterocycles. The van der Waals surface area contributed by atoms with Crippen LogP contribution in [0.4, 0.5) is 5.69 Å². The number of nitrogens with one attached hydrogen (secondary N) is 1. The number of aromatic hydroxyl groups is 1. The molecule has 1 fully saturated rings. The van der Waals surface area contributed by atoms with Crippen LogP contribution in [0, 0.1) is 0 Å². The highest BCUT2D eigenvalue weighted by Crippen LogP contribution is 2.21. The van der Waals surface area contributed by atoms with Gasteiger partial charge in [-0.15, -0.1) is 0 Å². The summed E-state index contributed by atoms with van der Waals surface area (Å²) in [6.07, 6.45) is 1.91. The highest BCUT2D eigenvalue weighted by atomic mass is 16.3. The number of para-hydroxylation sites is 2. The van der Waals surface area contributed by atoms with Crippen LogP contribution >= 0.6 is 0 Å². The molecule has 6 nitrogen and oxygen atoms in total. The van der Waals surface area contributed by atoms with Gasteiger partial charge in [0.25, 0.3) is 0 Å². The van der Waals surface area contributed by atoms with E-state index in [0.717, 1.165) is 12.8 Å². The van der Waals surface area contributed by atoms with E-state index in [2.05, 4.69) is 5.32 Å². The van der Waals surface area contributed by atoms with Crippen LogP contribution < -0.4 is 11.1 Å². The normalized spacial score (nSPS) is 15.8. The number of phenols is 1. The smallest absolute Gasteiger partial charge is 0.224 e. The van der Waals surface area contributed by atoms with Crippen molar-refractivity contribution in [2.45, 2.75) is 31.7 Å². The van der Waals surface area contributed by atoms with Gasteiger partial charge in [0.15, 0.2) is 0 Å². The third-order valence-corrected chi connectivity index (χ3v) is 3.64. The summed E-state index contributed by atoms with van der Waals surface area (Å²) in [5.74, 6) is -0.282. The molecule has 21 heavy (non-hydrogen) atoms. The standard InChI is InChI=1S/C15H21N3O3/c16-11-7-9-18(10-8-11)15(21)6-5-14(20)17-12-3-1-2-4-13(12)19/h1-4,11,19H,5-10,16H2,(H,17,20). The molecule has 4 N–H and O–H groups in total. The number of carbonyl (C=O) groups is 2. The van der Waals surface area contributed by atoms with Crippen molar-refractivity contribution in [3.8, 4) is 5.75 Å². The zero-order chi connectivity index (χ0) is 15.2. The number of phenolic OH excluding ortho intramolecular Hbond substituents is 1. The molecular weight excluding hydrogens is 270 g/mol. The summed E-state index contributed by atoms with van der Waals surface area (Å²) in [5, 5.41) is 12.2. The summed E-state index contributed by atoms with van der Waals surface area (Å²) in [6, 6.07) is 6.68. The number of nitrogens with two attached hydrogens (primary N) is 1. The Hall–Kier alpha value is -2.08. The maximum Gasteiger partial charge on any atom is 0.224 e. The first kappa shape index (κ1) is 15.3. The van der Waals surface area contributed by atoms with E-state index in [1.165, 1.54) is 6.07 Å². The van der Waals surface area contributed by atoms with E-state index >= 15 is 0 Å². The number of nitrogens with zero attached hydrogens (tertiary/aromatic N) is 1. The van der Waals surface area contributed by atoms with Gasteiger partial charge >= 0.3 is 0 Å². The fraction of sp³-hybridized carbons (Fsp3) is 0.467. The Labute approximate surface area is 123 Å². The number of benzene rings is 1. The van der Waals surface area contributed by atoms with Crippen molar-refractivity contribution in [2.24, 2.45) is 5.73 Å². The van der Waals surface area contributed by atoms with Crippen molar-refractivity contribution >= 4 is 17.5 Å². The quantitative estimate of drug-likeness (QED) is 0.723. The van der Waals surface area contributed by atoms with Crippen molar-refractivity contribution in [2.75, 3.05) is 18.4 Å². The van der Waals surface area contributed by atoms with E-state index in [1.807, 2.05) is 0 Å². The number of anilines is 1. The number of amides is 2. The van der Waals surface area contributed by atoms with Gasteiger partial charge in [0.05, 0.1) is 5.69 Å². The zero-order valence-electron chi connectivity index (χ0n) is 11.9. The molecule has 6 heteroatoms. The molecule has 0 saturated carbocycles. The summed E-state index contributed by atoms with van der Waals surface area (Å²) < 4.78 is 0. The highest BCUT2D eigenvalue weighted by molar-refractivity contribution is 5.94. The number of carbonyl (C=O) groups excluding carboxylic acids is 2. The van der Waals surface area contributed by atoms with Crippen LogP contribution in [0.15, 0.2) is 24.3 Å². The molecule has 0 radical (unpaired) electrons. The first-order valence-corrected chi connectivity index (χ1v) is 7.17. The van der Waals surface area contributed by atoms with Gasteiger partial charge in [-0.3, -0.25) is 9.59 Å². The van der Waals surface area contributed by atoms with Gasteiger partial charge in [0.2, 0.25) is 11.8 Å². The van der Waals surface area contributed by atoms with Gasteiger partial charge in [0.1, 0.15) is 5.75 Å². The Kier molecular flexibility index (Phi) is 5.16. The molecule has 0 aliphatic carbocycles. The van der Waals surface area contributed by atoms with E-state index in [9.17, 15) is 14.7 Å². The lowest BCUT2D eigenvalue weighted by Gasteiger charge is -2.30. The van der Waals surface area contributed by atoms with Crippen molar-refractivity contribution in [1.82, 2.24) is 4.90 Å². The van der Waals surface area contributed by atoms with Crippen LogP contribution in [0.25, 0.3) is 0 Å². The first-order chi connectivity index (χ1) is 10.1. The Balaban J connectivity index is 1.76. The van der Waals surface area contributed by atoms with Gasteiger partial charge in [0, 0.05) is 32.0 Å². The topological polar surface area (TPSA) is 95.7 Å². The molecule has 0 spiro atoms. The monoisotopic (exact) mass is 291 g/mol. The van der Waals surface area contributed by atoms with Crippen LogP contribution in [0.5, 0.6) is 5.75 Å². The lowest BCUT2D eigenvalue weighted by atomic mass is 10.1. The van der Waals surface area contributed by atoms with Crippen LogP contribution in [-0.4, -0.2) is 41.0 Å². The van der Waals surface area contributed by atoms with Crippen LogP contribution in [0.1, 0.15) is 25.7 Å². The van der Waals surface area contributed by atoms with Crippen LogP contribution in [0.3, 0.4) is 0 Å². The predicted octanol–water partition coefficient (Wildman–Crippen LogP) is 1.06.